The van der Waals surface area contributed by atoms with Gasteiger partial charge in [-0.25, -0.2) is 0 Å². The fraction of sp³-hybridized carbons (Fsp3) is 0.647. The molecule has 0 aromatic heterocycles. The lowest BCUT2D eigenvalue weighted by Gasteiger charge is -2.26. The molecule has 1 fully saturated rings. The predicted octanol–water partition coefficient (Wildman–Crippen LogP) is 3.87. The van der Waals surface area contributed by atoms with Crippen LogP contribution < -0.4 is 10.2 Å². The Morgan fingerprint density at radius 1 is 1.16 bits per heavy atom. The van der Waals surface area contributed by atoms with Crippen LogP contribution in [0, 0.1) is 6.92 Å². The maximum absolute atomic E-state index is 3.59. The molecule has 2 nitrogen and oxygen atoms in total. The van der Waals surface area contributed by atoms with Crippen molar-refractivity contribution in [3.8, 4) is 0 Å². The molecule has 1 saturated carbocycles. The predicted molar refractivity (Wildman–Crippen MR) is 83.8 cm³/mol. The molecule has 2 rings (SSSR count). The Morgan fingerprint density at radius 2 is 1.84 bits per heavy atom. The number of anilines is 1. The summed E-state index contributed by atoms with van der Waals surface area (Å²) in [5, 5.41) is 3.59. The number of aryl methyl sites for hydroxylation is 1. The van der Waals surface area contributed by atoms with E-state index in [0.29, 0.717) is 0 Å². The number of rotatable bonds is 8. The molecule has 0 amide bonds. The number of hydrogen-bond acceptors (Lipinski definition) is 2. The zero-order valence-electron chi connectivity index (χ0n) is 12.7. The van der Waals surface area contributed by atoms with Crippen LogP contribution in [0.4, 0.5) is 5.69 Å². The average Bonchev–Trinajstić information content (AvgIpc) is 3.20. The van der Waals surface area contributed by atoms with Gasteiger partial charge in [-0.15, -0.1) is 0 Å². The molecule has 0 bridgehead atoms. The first-order chi connectivity index (χ1) is 9.24. The molecule has 1 aromatic carbocycles. The van der Waals surface area contributed by atoms with Crippen molar-refractivity contribution >= 4 is 5.69 Å². The van der Waals surface area contributed by atoms with E-state index < -0.39 is 0 Å². The van der Waals surface area contributed by atoms with Gasteiger partial charge in [0, 0.05) is 31.4 Å². The van der Waals surface area contributed by atoms with Gasteiger partial charge in [0.25, 0.3) is 0 Å². The molecule has 0 spiro atoms. The first kappa shape index (κ1) is 14.4. The second kappa shape index (κ2) is 6.95. The van der Waals surface area contributed by atoms with E-state index in [4.69, 9.17) is 0 Å². The average molecular weight is 260 g/mol. The van der Waals surface area contributed by atoms with Gasteiger partial charge in [-0.05, 0) is 49.8 Å². The van der Waals surface area contributed by atoms with Gasteiger partial charge in [-0.1, -0.05) is 26.0 Å². The minimum absolute atomic E-state index is 0.789. The van der Waals surface area contributed by atoms with Crippen molar-refractivity contribution in [1.82, 2.24) is 5.32 Å². The van der Waals surface area contributed by atoms with E-state index in [1.807, 2.05) is 0 Å². The van der Waals surface area contributed by atoms with Gasteiger partial charge in [0.15, 0.2) is 0 Å². The molecule has 106 valence electrons. The molecule has 0 aliphatic heterocycles. The number of hydrogen-bond donors (Lipinski definition) is 1. The summed E-state index contributed by atoms with van der Waals surface area (Å²) in [5.41, 5.74) is 4.25. The SMILES string of the molecule is CCCN(CCC)c1ccc(CNC2CC2)cc1C. The molecule has 0 unspecified atom stereocenters. The highest BCUT2D eigenvalue weighted by Crippen LogP contribution is 2.23. The lowest BCUT2D eigenvalue weighted by molar-refractivity contribution is 0.687. The van der Waals surface area contributed by atoms with E-state index >= 15 is 0 Å². The third-order valence-electron chi connectivity index (χ3n) is 3.76. The Bertz CT molecular complexity index is 390. The van der Waals surface area contributed by atoms with Crippen molar-refractivity contribution in [1.29, 1.82) is 0 Å². The van der Waals surface area contributed by atoms with E-state index in [9.17, 15) is 0 Å². The first-order valence-electron chi connectivity index (χ1n) is 7.82. The molecule has 0 saturated heterocycles. The van der Waals surface area contributed by atoms with Gasteiger partial charge in [-0.3, -0.25) is 0 Å². The van der Waals surface area contributed by atoms with Crippen molar-refractivity contribution in [2.45, 2.75) is 59.0 Å². The van der Waals surface area contributed by atoms with Gasteiger partial charge >= 0.3 is 0 Å². The lowest BCUT2D eigenvalue weighted by atomic mass is 10.1. The maximum atomic E-state index is 3.59. The topological polar surface area (TPSA) is 15.3 Å². The van der Waals surface area contributed by atoms with Crippen LogP contribution in [-0.4, -0.2) is 19.1 Å². The largest absolute Gasteiger partial charge is 0.371 e. The fourth-order valence-electron chi connectivity index (χ4n) is 2.62. The summed E-state index contributed by atoms with van der Waals surface area (Å²) in [6, 6.07) is 7.74. The monoisotopic (exact) mass is 260 g/mol. The zero-order valence-corrected chi connectivity index (χ0v) is 12.7. The Labute approximate surface area is 118 Å². The standard InChI is InChI=1S/C17H28N2/c1-4-10-19(11-5-2)17-9-6-15(12-14(17)3)13-18-16-7-8-16/h6,9,12,16,18H,4-5,7-8,10-11,13H2,1-3H3. The highest BCUT2D eigenvalue weighted by atomic mass is 15.1. The Morgan fingerprint density at radius 3 is 2.37 bits per heavy atom. The van der Waals surface area contributed by atoms with Crippen LogP contribution in [0.25, 0.3) is 0 Å². The van der Waals surface area contributed by atoms with Crippen LogP contribution in [-0.2, 0) is 6.54 Å². The minimum atomic E-state index is 0.789. The summed E-state index contributed by atoms with van der Waals surface area (Å²) in [6.07, 6.45) is 5.14. The van der Waals surface area contributed by atoms with E-state index in [-0.39, 0.29) is 0 Å². The van der Waals surface area contributed by atoms with Gasteiger partial charge in [-0.2, -0.15) is 0 Å². The van der Waals surface area contributed by atoms with Crippen molar-refractivity contribution in [2.75, 3.05) is 18.0 Å². The number of nitrogens with one attached hydrogen (secondary N) is 1. The highest BCUT2D eigenvalue weighted by Gasteiger charge is 2.20. The smallest absolute Gasteiger partial charge is 0.0396 e. The van der Waals surface area contributed by atoms with Crippen LogP contribution in [0.1, 0.15) is 50.7 Å². The summed E-state index contributed by atoms with van der Waals surface area (Å²) in [5.74, 6) is 0. The van der Waals surface area contributed by atoms with Crippen molar-refractivity contribution in [3.05, 3.63) is 29.3 Å². The minimum Gasteiger partial charge on any atom is -0.371 e. The zero-order chi connectivity index (χ0) is 13.7. The van der Waals surface area contributed by atoms with E-state index in [0.717, 1.165) is 25.7 Å². The third kappa shape index (κ3) is 4.24. The third-order valence-corrected chi connectivity index (χ3v) is 3.76. The van der Waals surface area contributed by atoms with Gasteiger partial charge in [0.1, 0.15) is 0 Å². The first-order valence-corrected chi connectivity index (χ1v) is 7.82. The molecule has 19 heavy (non-hydrogen) atoms. The van der Waals surface area contributed by atoms with Crippen molar-refractivity contribution < 1.29 is 0 Å². The van der Waals surface area contributed by atoms with E-state index in [2.05, 4.69) is 49.2 Å². The molecule has 2 heteroatoms. The van der Waals surface area contributed by atoms with Crippen molar-refractivity contribution in [3.63, 3.8) is 0 Å². The second-order valence-corrected chi connectivity index (χ2v) is 5.76. The Balaban J connectivity index is 2.02. The maximum Gasteiger partial charge on any atom is 0.0396 e. The molecular formula is C17H28N2. The Hall–Kier alpha value is -1.02. The van der Waals surface area contributed by atoms with Crippen LogP contribution in [0.3, 0.4) is 0 Å². The van der Waals surface area contributed by atoms with E-state index in [1.54, 1.807) is 0 Å². The molecular weight excluding hydrogens is 232 g/mol. The highest BCUT2D eigenvalue weighted by molar-refractivity contribution is 5.54. The summed E-state index contributed by atoms with van der Waals surface area (Å²) < 4.78 is 0. The molecule has 1 aliphatic rings. The Kier molecular flexibility index (Phi) is 5.26. The summed E-state index contributed by atoms with van der Waals surface area (Å²) >= 11 is 0. The molecule has 1 aromatic rings. The number of nitrogens with zero attached hydrogens (tertiary/aromatic N) is 1. The molecule has 0 heterocycles. The van der Waals surface area contributed by atoms with Gasteiger partial charge in [0.2, 0.25) is 0 Å². The summed E-state index contributed by atoms with van der Waals surface area (Å²) in [7, 11) is 0. The molecule has 0 atom stereocenters. The molecule has 1 aliphatic carbocycles. The van der Waals surface area contributed by atoms with Crippen LogP contribution in [0.15, 0.2) is 18.2 Å². The molecule has 1 N–H and O–H groups in total. The van der Waals surface area contributed by atoms with Crippen LogP contribution in [0.2, 0.25) is 0 Å². The fourth-order valence-corrected chi connectivity index (χ4v) is 2.62. The summed E-state index contributed by atoms with van der Waals surface area (Å²) in [6.45, 7) is 10.1. The number of benzene rings is 1. The summed E-state index contributed by atoms with van der Waals surface area (Å²) in [4.78, 5) is 2.52. The van der Waals surface area contributed by atoms with Crippen LogP contribution in [0.5, 0.6) is 0 Å². The van der Waals surface area contributed by atoms with Crippen LogP contribution >= 0.6 is 0 Å². The van der Waals surface area contributed by atoms with Crippen molar-refractivity contribution in [2.24, 2.45) is 0 Å². The quantitative estimate of drug-likeness (QED) is 0.763. The van der Waals surface area contributed by atoms with E-state index in [1.165, 1.54) is 42.5 Å². The normalized spacial score (nSPS) is 14.7. The van der Waals surface area contributed by atoms with Gasteiger partial charge in [0.05, 0.1) is 0 Å². The second-order valence-electron chi connectivity index (χ2n) is 5.76. The lowest BCUT2D eigenvalue weighted by Crippen LogP contribution is -2.25. The molecule has 0 radical (unpaired) electrons. The van der Waals surface area contributed by atoms with Gasteiger partial charge < -0.3 is 10.2 Å².